The molecule has 0 radical (unpaired) electrons. The predicted octanol–water partition coefficient (Wildman–Crippen LogP) is 3.34. The Morgan fingerprint density at radius 2 is 1.90 bits per heavy atom. The predicted molar refractivity (Wildman–Crippen MR) is 102 cm³/mol. The van der Waals surface area contributed by atoms with E-state index in [0.29, 0.717) is 24.3 Å². The molecule has 1 aliphatic heterocycles. The van der Waals surface area contributed by atoms with Crippen LogP contribution in [0.5, 0.6) is 0 Å². The molecule has 29 heavy (non-hydrogen) atoms. The van der Waals surface area contributed by atoms with Gasteiger partial charge < -0.3 is 4.90 Å². The average Bonchev–Trinajstić information content (AvgIpc) is 3.15. The third-order valence-corrected chi connectivity index (χ3v) is 5.48. The zero-order valence-electron chi connectivity index (χ0n) is 16.5. The highest BCUT2D eigenvalue weighted by Crippen LogP contribution is 2.34. The highest BCUT2D eigenvalue weighted by atomic mass is 19.3. The van der Waals surface area contributed by atoms with Crippen molar-refractivity contribution < 1.29 is 13.6 Å². The Balaban J connectivity index is 1.69. The van der Waals surface area contributed by atoms with Crippen LogP contribution in [0.15, 0.2) is 24.5 Å². The van der Waals surface area contributed by atoms with E-state index in [0.717, 1.165) is 17.8 Å². The largest absolute Gasteiger partial charge is 0.338 e. The molecule has 1 amide bonds. The highest BCUT2D eigenvalue weighted by Gasteiger charge is 2.33. The first kappa shape index (κ1) is 19.4. The number of aryl methyl sites for hydroxylation is 2. The molecule has 4 heterocycles. The highest BCUT2D eigenvalue weighted by molar-refractivity contribution is 5.94. The summed E-state index contributed by atoms with van der Waals surface area (Å²) in [6.45, 7) is 6.81. The molecule has 152 valence electrons. The number of aromatic nitrogens is 5. The van der Waals surface area contributed by atoms with Gasteiger partial charge in [-0.25, -0.2) is 18.3 Å². The molecule has 7 nitrogen and oxygen atoms in total. The van der Waals surface area contributed by atoms with Crippen LogP contribution in [0.1, 0.15) is 58.8 Å². The van der Waals surface area contributed by atoms with Crippen molar-refractivity contribution in [2.24, 2.45) is 5.92 Å². The topological polar surface area (TPSA) is 76.3 Å². The van der Waals surface area contributed by atoms with E-state index in [1.165, 1.54) is 16.9 Å². The summed E-state index contributed by atoms with van der Waals surface area (Å²) < 4.78 is 28.2. The maximum absolute atomic E-state index is 13.4. The van der Waals surface area contributed by atoms with Crippen molar-refractivity contribution in [1.82, 2.24) is 29.5 Å². The molecule has 0 spiro atoms. The SMILES string of the molecule is Cc1cc(C(=O)N2CC[C@@H](C)C(c3cc(C(F)F)nc4ncnn34)C2)cc(C)n1. The second-order valence-corrected chi connectivity index (χ2v) is 7.64. The summed E-state index contributed by atoms with van der Waals surface area (Å²) in [5.74, 6) is 0.115. The number of amides is 1. The van der Waals surface area contributed by atoms with Gasteiger partial charge in [0.2, 0.25) is 0 Å². The van der Waals surface area contributed by atoms with E-state index in [9.17, 15) is 13.6 Å². The lowest BCUT2D eigenvalue weighted by molar-refractivity contribution is 0.0665. The minimum atomic E-state index is -2.70. The molecule has 1 aliphatic rings. The smallest absolute Gasteiger partial charge is 0.280 e. The van der Waals surface area contributed by atoms with E-state index >= 15 is 0 Å². The number of piperidine rings is 1. The molecule has 3 aromatic heterocycles. The molecular weight excluding hydrogens is 378 g/mol. The number of likely N-dealkylation sites (tertiary alicyclic amines) is 1. The van der Waals surface area contributed by atoms with E-state index < -0.39 is 6.43 Å². The van der Waals surface area contributed by atoms with Gasteiger partial charge in [0.25, 0.3) is 18.1 Å². The minimum absolute atomic E-state index is 0.0755. The molecule has 0 N–H and O–H groups in total. The third-order valence-electron chi connectivity index (χ3n) is 5.48. The van der Waals surface area contributed by atoms with Crippen LogP contribution < -0.4 is 0 Å². The lowest BCUT2D eigenvalue weighted by Gasteiger charge is -2.37. The summed E-state index contributed by atoms with van der Waals surface area (Å²) >= 11 is 0. The van der Waals surface area contributed by atoms with Gasteiger partial charge in [0.05, 0.1) is 5.69 Å². The summed E-state index contributed by atoms with van der Waals surface area (Å²) in [4.78, 5) is 27.1. The number of hydrogen-bond acceptors (Lipinski definition) is 5. The standard InChI is InChI=1S/C20H22F2N6O/c1-11-4-5-27(19(29)14-6-12(2)25-13(3)7-14)9-15(11)17-8-16(18(21)22)26-20-23-10-24-28(17)20/h6-8,10-11,15,18H,4-5,9H2,1-3H3/t11-,15?/m1/s1. The summed E-state index contributed by atoms with van der Waals surface area (Å²) in [6, 6.07) is 4.95. The monoisotopic (exact) mass is 400 g/mol. The number of carbonyl (C=O) groups is 1. The Kier molecular flexibility index (Phi) is 4.97. The van der Waals surface area contributed by atoms with Crippen molar-refractivity contribution >= 4 is 11.7 Å². The van der Waals surface area contributed by atoms with Gasteiger partial charge in [0, 0.05) is 36.0 Å². The fraction of sp³-hybridized carbons (Fsp3) is 0.450. The van der Waals surface area contributed by atoms with E-state index in [-0.39, 0.29) is 29.2 Å². The number of fused-ring (bicyclic) bond motifs is 1. The maximum Gasteiger partial charge on any atom is 0.280 e. The molecule has 1 fully saturated rings. The average molecular weight is 400 g/mol. The Bertz CT molecular complexity index is 1050. The Hall–Kier alpha value is -2.97. The maximum atomic E-state index is 13.4. The van der Waals surface area contributed by atoms with Crippen molar-refractivity contribution in [3.63, 3.8) is 0 Å². The Morgan fingerprint density at radius 3 is 2.59 bits per heavy atom. The van der Waals surface area contributed by atoms with E-state index in [1.807, 2.05) is 13.8 Å². The lowest BCUT2D eigenvalue weighted by atomic mass is 9.84. The van der Waals surface area contributed by atoms with Crippen LogP contribution in [-0.2, 0) is 0 Å². The zero-order valence-corrected chi connectivity index (χ0v) is 16.5. The third kappa shape index (κ3) is 3.68. The van der Waals surface area contributed by atoms with Crippen LogP contribution in [0, 0.1) is 19.8 Å². The summed E-state index contributed by atoms with van der Waals surface area (Å²) in [7, 11) is 0. The van der Waals surface area contributed by atoms with Crippen LogP contribution in [0.2, 0.25) is 0 Å². The number of rotatable bonds is 3. The number of pyridine rings is 1. The Morgan fingerprint density at radius 1 is 1.17 bits per heavy atom. The first-order valence-electron chi connectivity index (χ1n) is 9.56. The normalized spacial score (nSPS) is 19.9. The van der Waals surface area contributed by atoms with Gasteiger partial charge in [-0.3, -0.25) is 9.78 Å². The second-order valence-electron chi connectivity index (χ2n) is 7.64. The van der Waals surface area contributed by atoms with Crippen molar-refractivity contribution in [3.8, 4) is 0 Å². The molecular formula is C20H22F2N6O. The second kappa shape index (κ2) is 7.46. The van der Waals surface area contributed by atoms with Crippen molar-refractivity contribution in [2.45, 2.75) is 39.5 Å². The number of carbonyl (C=O) groups excluding carboxylic acids is 1. The van der Waals surface area contributed by atoms with Gasteiger partial charge in [-0.15, -0.1) is 0 Å². The van der Waals surface area contributed by atoms with E-state index in [2.05, 4.69) is 27.0 Å². The molecule has 2 atom stereocenters. The number of nitrogens with zero attached hydrogens (tertiary/aromatic N) is 6. The van der Waals surface area contributed by atoms with Gasteiger partial charge in [0.1, 0.15) is 12.0 Å². The number of halogens is 2. The molecule has 3 aromatic rings. The molecule has 0 saturated carbocycles. The van der Waals surface area contributed by atoms with E-state index in [4.69, 9.17) is 0 Å². The Labute approximate surface area is 166 Å². The zero-order chi connectivity index (χ0) is 20.7. The number of hydrogen-bond donors (Lipinski definition) is 0. The first-order chi connectivity index (χ1) is 13.8. The van der Waals surface area contributed by atoms with Gasteiger partial charge in [0.15, 0.2) is 0 Å². The fourth-order valence-corrected chi connectivity index (χ4v) is 4.01. The van der Waals surface area contributed by atoms with Gasteiger partial charge >= 0.3 is 0 Å². The van der Waals surface area contributed by atoms with Crippen LogP contribution in [0.4, 0.5) is 8.78 Å². The summed E-state index contributed by atoms with van der Waals surface area (Å²) in [6.07, 6.45) is -0.628. The molecule has 1 unspecified atom stereocenters. The molecule has 9 heteroatoms. The van der Waals surface area contributed by atoms with Gasteiger partial charge in [-0.1, -0.05) is 6.92 Å². The molecule has 4 rings (SSSR count). The molecule has 0 aromatic carbocycles. The summed E-state index contributed by atoms with van der Waals surface area (Å²) in [5, 5.41) is 4.17. The van der Waals surface area contributed by atoms with Crippen molar-refractivity contribution in [3.05, 3.63) is 52.9 Å². The summed E-state index contributed by atoms with van der Waals surface area (Å²) in [5.41, 5.74) is 2.45. The van der Waals surface area contributed by atoms with Crippen molar-refractivity contribution in [1.29, 1.82) is 0 Å². The molecule has 0 aliphatic carbocycles. The van der Waals surface area contributed by atoms with Crippen molar-refractivity contribution in [2.75, 3.05) is 13.1 Å². The minimum Gasteiger partial charge on any atom is -0.338 e. The molecule has 1 saturated heterocycles. The van der Waals surface area contributed by atoms with Gasteiger partial charge in [-0.05, 0) is 44.4 Å². The van der Waals surface area contributed by atoms with Crippen LogP contribution >= 0.6 is 0 Å². The van der Waals surface area contributed by atoms with Crippen LogP contribution in [0.25, 0.3) is 5.78 Å². The fourth-order valence-electron chi connectivity index (χ4n) is 4.01. The molecule has 0 bridgehead atoms. The lowest BCUT2D eigenvalue weighted by Crippen LogP contribution is -2.42. The number of alkyl halides is 2. The van der Waals surface area contributed by atoms with Gasteiger partial charge in [-0.2, -0.15) is 10.1 Å². The van der Waals surface area contributed by atoms with Crippen LogP contribution in [0.3, 0.4) is 0 Å². The first-order valence-corrected chi connectivity index (χ1v) is 9.56. The quantitative estimate of drug-likeness (QED) is 0.674. The van der Waals surface area contributed by atoms with E-state index in [1.54, 1.807) is 17.0 Å². The van der Waals surface area contributed by atoms with Crippen LogP contribution in [-0.4, -0.2) is 48.5 Å².